The van der Waals surface area contributed by atoms with Gasteiger partial charge < -0.3 is 0 Å². The van der Waals surface area contributed by atoms with Crippen LogP contribution in [0.1, 0.15) is 6.42 Å². The number of fused-ring (bicyclic) bond motifs is 3. The smallest absolute Gasteiger partial charge is 0.000749 e. The van der Waals surface area contributed by atoms with Gasteiger partial charge in [-0.25, -0.2) is 0 Å². The van der Waals surface area contributed by atoms with E-state index < -0.39 is 0 Å². The van der Waals surface area contributed by atoms with Crippen molar-refractivity contribution in [2.75, 3.05) is 0 Å². The molecule has 0 atom stereocenters. The Kier molecular flexibility index (Phi) is 1.92. The van der Waals surface area contributed by atoms with Gasteiger partial charge in [0.15, 0.2) is 0 Å². The summed E-state index contributed by atoms with van der Waals surface area (Å²) in [5, 5.41) is 11.4. The summed E-state index contributed by atoms with van der Waals surface area (Å²) in [5.74, 6) is 0. The van der Waals surface area contributed by atoms with Crippen LogP contribution in [0.15, 0.2) is 84.0 Å². The van der Waals surface area contributed by atoms with E-state index in [1.807, 2.05) is 0 Å². The maximum absolute atomic E-state index is 2.40. The predicted octanol–water partition coefficient (Wildman–Crippen LogP) is 3.87. The minimum atomic E-state index is 1.06. The molecule has 0 bridgehead atoms. The molecule has 4 aliphatic rings. The van der Waals surface area contributed by atoms with Gasteiger partial charge >= 0.3 is 0 Å². The van der Waals surface area contributed by atoms with Crippen molar-refractivity contribution >= 4 is 21.9 Å². The molecular weight excluding hydrogens is 300 g/mol. The van der Waals surface area contributed by atoms with Gasteiger partial charge in [0.25, 0.3) is 0 Å². The molecule has 3 aromatic carbocycles. The van der Waals surface area contributed by atoms with E-state index in [4.69, 9.17) is 0 Å². The molecule has 0 saturated heterocycles. The number of benzene rings is 3. The monoisotopic (exact) mass is 314 g/mol. The lowest BCUT2D eigenvalue weighted by Crippen LogP contribution is -2.09. The summed E-state index contributed by atoms with van der Waals surface area (Å²) in [6.07, 6.45) is 10.1. The normalized spacial score (nSPS) is 17.6. The summed E-state index contributed by atoms with van der Waals surface area (Å²) in [7, 11) is 0. The van der Waals surface area contributed by atoms with Crippen LogP contribution in [0.2, 0.25) is 0 Å². The maximum Gasteiger partial charge on any atom is -0.000749 e. The Bertz CT molecular complexity index is 1550. The average Bonchev–Trinajstić information content (AvgIpc) is 3.32. The van der Waals surface area contributed by atoms with Crippen LogP contribution in [-0.4, -0.2) is 0 Å². The quantitative estimate of drug-likeness (QED) is 0.462. The lowest BCUT2D eigenvalue weighted by Gasteiger charge is -2.16. The first-order valence-corrected chi connectivity index (χ1v) is 8.93. The zero-order chi connectivity index (χ0) is 16.1. The highest BCUT2D eigenvalue weighted by Gasteiger charge is 2.24. The van der Waals surface area contributed by atoms with E-state index in [2.05, 4.69) is 72.8 Å². The standard InChI is InChI=1S/C25H14/c1-2-7-17-16(6-1)18-8-10-20-22-12-14-4-3-5-15(14)13-23(22)21-11-9-19(17)24(18)25(20)21/h1-12H,13H2. The van der Waals surface area contributed by atoms with Crippen molar-refractivity contribution in [3.05, 3.63) is 115 Å². The average molecular weight is 314 g/mol. The van der Waals surface area contributed by atoms with Crippen LogP contribution in [0.3, 0.4) is 0 Å². The molecule has 0 heterocycles. The highest BCUT2D eigenvalue weighted by atomic mass is 14.3. The van der Waals surface area contributed by atoms with Crippen LogP contribution in [-0.2, 0) is 0 Å². The van der Waals surface area contributed by atoms with Crippen LogP contribution in [0.4, 0.5) is 0 Å². The van der Waals surface area contributed by atoms with Crippen LogP contribution in [0.25, 0.3) is 21.9 Å². The molecule has 0 heteroatoms. The van der Waals surface area contributed by atoms with Gasteiger partial charge in [0.1, 0.15) is 0 Å². The minimum absolute atomic E-state index is 1.06. The van der Waals surface area contributed by atoms with Crippen molar-refractivity contribution in [1.29, 1.82) is 0 Å². The molecule has 0 spiro atoms. The van der Waals surface area contributed by atoms with Crippen LogP contribution in [0, 0.1) is 20.9 Å². The first-order valence-electron chi connectivity index (χ1n) is 8.93. The molecule has 0 N–H and O–H groups in total. The maximum atomic E-state index is 2.40. The zero-order valence-electron chi connectivity index (χ0n) is 13.6. The predicted molar refractivity (Wildman–Crippen MR) is 102 cm³/mol. The van der Waals surface area contributed by atoms with E-state index in [0.29, 0.717) is 0 Å². The SMILES string of the molecule is C1=CC2=CC3=c4ccc5c6c(ccc(c46)=C3CC2=C1)=c1ccccc1=5. The van der Waals surface area contributed by atoms with Crippen LogP contribution in [0.5, 0.6) is 0 Å². The lowest BCUT2D eigenvalue weighted by atomic mass is 9.88. The largest absolute Gasteiger partial charge is 0.0616 e. The van der Waals surface area contributed by atoms with Crippen LogP contribution >= 0.6 is 0 Å². The molecule has 4 aliphatic carbocycles. The second-order valence-corrected chi connectivity index (χ2v) is 7.34. The molecule has 114 valence electrons. The molecular formula is C25H14. The number of rotatable bonds is 0. The molecule has 0 unspecified atom stereocenters. The third-order valence-electron chi connectivity index (χ3n) is 6.22. The van der Waals surface area contributed by atoms with Gasteiger partial charge in [-0.15, -0.1) is 0 Å². The Morgan fingerprint density at radius 2 is 1.32 bits per heavy atom. The number of hydrogen-bond donors (Lipinski definition) is 0. The Balaban J connectivity index is 1.84. The topological polar surface area (TPSA) is 0 Å². The van der Waals surface area contributed by atoms with Crippen molar-refractivity contribution in [1.82, 2.24) is 0 Å². The second-order valence-electron chi connectivity index (χ2n) is 7.34. The van der Waals surface area contributed by atoms with Gasteiger partial charge in [0.05, 0.1) is 0 Å². The van der Waals surface area contributed by atoms with Gasteiger partial charge in [-0.2, -0.15) is 0 Å². The lowest BCUT2D eigenvalue weighted by molar-refractivity contribution is 1.26. The molecule has 25 heavy (non-hydrogen) atoms. The van der Waals surface area contributed by atoms with Gasteiger partial charge in [0, 0.05) is 0 Å². The minimum Gasteiger partial charge on any atom is -0.0616 e. The summed E-state index contributed by atoms with van der Waals surface area (Å²) in [4.78, 5) is 0. The fourth-order valence-corrected chi connectivity index (χ4v) is 5.16. The number of hydrogen-bond acceptors (Lipinski definition) is 0. The molecule has 0 fully saturated rings. The molecule has 7 rings (SSSR count). The van der Waals surface area contributed by atoms with E-state index in [1.165, 1.54) is 64.4 Å². The second kappa shape index (κ2) is 3.92. The van der Waals surface area contributed by atoms with Gasteiger partial charge in [0.2, 0.25) is 0 Å². The van der Waals surface area contributed by atoms with E-state index in [0.717, 1.165) is 6.42 Å². The van der Waals surface area contributed by atoms with E-state index >= 15 is 0 Å². The van der Waals surface area contributed by atoms with Crippen molar-refractivity contribution in [2.45, 2.75) is 6.42 Å². The Morgan fingerprint density at radius 1 is 0.640 bits per heavy atom. The summed E-state index contributed by atoms with van der Waals surface area (Å²) >= 11 is 0. The van der Waals surface area contributed by atoms with Crippen LogP contribution < -0.4 is 10.4 Å². The van der Waals surface area contributed by atoms with Crippen molar-refractivity contribution < 1.29 is 0 Å². The molecule has 3 aromatic rings. The third kappa shape index (κ3) is 1.29. The van der Waals surface area contributed by atoms with E-state index in [1.54, 1.807) is 0 Å². The summed E-state index contributed by atoms with van der Waals surface area (Å²) in [6.45, 7) is 0. The fourth-order valence-electron chi connectivity index (χ4n) is 5.16. The molecule has 0 aliphatic heterocycles. The highest BCUT2D eigenvalue weighted by Crippen LogP contribution is 2.38. The zero-order valence-corrected chi connectivity index (χ0v) is 13.6. The van der Waals surface area contributed by atoms with Crippen molar-refractivity contribution in [3.63, 3.8) is 0 Å². The first kappa shape index (κ1) is 12.3. The summed E-state index contributed by atoms with van der Waals surface area (Å²) < 4.78 is 0. The molecule has 0 radical (unpaired) electrons. The van der Waals surface area contributed by atoms with Gasteiger partial charge in [-0.3, -0.25) is 0 Å². The van der Waals surface area contributed by atoms with Gasteiger partial charge in [-0.1, -0.05) is 66.8 Å². The Labute approximate surface area is 144 Å². The van der Waals surface area contributed by atoms with Gasteiger partial charge in [-0.05, 0) is 76.9 Å². The van der Waals surface area contributed by atoms with Crippen molar-refractivity contribution in [3.8, 4) is 0 Å². The first-order chi connectivity index (χ1) is 12.4. The fraction of sp³-hybridized carbons (Fsp3) is 0.0400. The summed E-state index contributed by atoms with van der Waals surface area (Å²) in [5.41, 5.74) is 5.80. The highest BCUT2D eigenvalue weighted by molar-refractivity contribution is 6.08. The molecule has 0 saturated carbocycles. The van der Waals surface area contributed by atoms with E-state index in [9.17, 15) is 0 Å². The number of allylic oxidation sites excluding steroid dienone is 6. The molecule has 0 nitrogen and oxygen atoms in total. The van der Waals surface area contributed by atoms with Crippen molar-refractivity contribution in [2.24, 2.45) is 0 Å². The summed E-state index contributed by atoms with van der Waals surface area (Å²) in [6, 6.07) is 18.2. The third-order valence-corrected chi connectivity index (χ3v) is 6.22. The Hall–Kier alpha value is -3.12. The molecule has 0 aromatic heterocycles. The van der Waals surface area contributed by atoms with E-state index in [-0.39, 0.29) is 0 Å². The Morgan fingerprint density at radius 3 is 2.12 bits per heavy atom. The molecule has 0 amide bonds.